The first-order chi connectivity index (χ1) is 19.6. The van der Waals surface area contributed by atoms with Gasteiger partial charge in [-0.2, -0.15) is 0 Å². The van der Waals surface area contributed by atoms with Crippen molar-refractivity contribution in [1.82, 2.24) is 4.90 Å². The maximum absolute atomic E-state index is 13.8. The van der Waals surface area contributed by atoms with Crippen molar-refractivity contribution < 1.29 is 34.1 Å². The van der Waals surface area contributed by atoms with Crippen molar-refractivity contribution in [2.24, 2.45) is 5.92 Å². The van der Waals surface area contributed by atoms with Crippen LogP contribution in [0.4, 0.5) is 11.4 Å². The van der Waals surface area contributed by atoms with Crippen LogP contribution >= 0.6 is 0 Å². The van der Waals surface area contributed by atoms with E-state index in [4.69, 9.17) is 4.74 Å². The number of β-lactam (4-membered cyclic amide) rings is 1. The van der Waals surface area contributed by atoms with E-state index in [9.17, 15) is 29.4 Å². The number of nitrogens with zero attached hydrogens (tertiary/aromatic N) is 3. The first-order valence-corrected chi connectivity index (χ1v) is 13.9. The smallest absolute Gasteiger partial charge is 0.304 e. The Hall–Kier alpha value is -4.02. The second-order valence-corrected chi connectivity index (χ2v) is 10.9. The quantitative estimate of drug-likeness (QED) is 0.274. The fourth-order valence-corrected chi connectivity index (χ4v) is 6.01. The van der Waals surface area contributed by atoms with Crippen molar-refractivity contribution in [2.45, 2.75) is 63.9 Å². The third kappa shape index (κ3) is 5.25. The first-order valence-electron chi connectivity index (χ1n) is 13.9. The predicted molar refractivity (Wildman–Crippen MR) is 150 cm³/mol. The van der Waals surface area contributed by atoms with Gasteiger partial charge in [-0.1, -0.05) is 49.4 Å². The van der Waals surface area contributed by atoms with Gasteiger partial charge in [0.15, 0.2) is 11.8 Å². The van der Waals surface area contributed by atoms with Crippen LogP contribution in [0.15, 0.2) is 60.7 Å². The molecule has 3 aliphatic rings. The first kappa shape index (κ1) is 28.5. The van der Waals surface area contributed by atoms with Crippen LogP contribution in [0.25, 0.3) is 0 Å². The Morgan fingerprint density at radius 1 is 1.17 bits per heavy atom. The SMILES string of the molecule is CC(=O)OC1CC(=O)N1c1cccc(CN2C(=O)[C@](O)([C@H](C)/C=C/CC(=O)N3CCC[C@H]3CO)c3ccccc32)c1. The number of anilines is 2. The molecule has 2 fully saturated rings. The van der Waals surface area contributed by atoms with Gasteiger partial charge in [0.05, 0.1) is 31.3 Å². The number of aliphatic hydroxyl groups excluding tert-OH is 1. The topological polar surface area (TPSA) is 128 Å². The highest BCUT2D eigenvalue weighted by Crippen LogP contribution is 2.45. The molecule has 0 spiro atoms. The molecular weight excluding hydrogens is 526 g/mol. The van der Waals surface area contributed by atoms with Crippen LogP contribution in [-0.4, -0.2) is 64.2 Å². The van der Waals surface area contributed by atoms with Gasteiger partial charge < -0.3 is 24.7 Å². The summed E-state index contributed by atoms with van der Waals surface area (Å²) in [6.45, 7) is 3.76. The highest BCUT2D eigenvalue weighted by atomic mass is 16.6. The molecule has 2 N–H and O–H groups in total. The average Bonchev–Trinajstić information content (AvgIpc) is 3.51. The van der Waals surface area contributed by atoms with E-state index in [0.29, 0.717) is 23.5 Å². The van der Waals surface area contributed by atoms with Crippen molar-refractivity contribution in [1.29, 1.82) is 0 Å². The lowest BCUT2D eigenvalue weighted by molar-refractivity contribution is -0.154. The number of carbonyl (C=O) groups is 4. The van der Waals surface area contributed by atoms with Crippen molar-refractivity contribution in [2.75, 3.05) is 23.0 Å². The van der Waals surface area contributed by atoms with Crippen LogP contribution in [0, 0.1) is 5.92 Å². The summed E-state index contributed by atoms with van der Waals surface area (Å²) in [7, 11) is 0. The van der Waals surface area contributed by atoms with Gasteiger partial charge in [-0.25, -0.2) is 0 Å². The Balaban J connectivity index is 1.33. The molecule has 5 rings (SSSR count). The minimum absolute atomic E-state index is 0.0588. The van der Waals surface area contributed by atoms with Gasteiger partial charge in [-0.15, -0.1) is 0 Å². The number of esters is 1. The van der Waals surface area contributed by atoms with Crippen LogP contribution in [-0.2, 0) is 36.1 Å². The molecule has 2 saturated heterocycles. The maximum Gasteiger partial charge on any atom is 0.304 e. The molecule has 216 valence electrons. The summed E-state index contributed by atoms with van der Waals surface area (Å²) in [6, 6.07) is 14.0. The van der Waals surface area contributed by atoms with Gasteiger partial charge >= 0.3 is 5.97 Å². The third-order valence-corrected chi connectivity index (χ3v) is 8.20. The van der Waals surface area contributed by atoms with E-state index < -0.39 is 29.6 Å². The summed E-state index contributed by atoms with van der Waals surface area (Å²) in [6.07, 6.45) is 4.61. The zero-order chi connectivity index (χ0) is 29.3. The number of ether oxygens (including phenoxy) is 1. The van der Waals surface area contributed by atoms with E-state index in [0.717, 1.165) is 18.4 Å². The van der Waals surface area contributed by atoms with Crippen LogP contribution < -0.4 is 9.80 Å². The summed E-state index contributed by atoms with van der Waals surface area (Å²) in [5, 5.41) is 21.4. The normalized spacial score (nSPS) is 24.5. The van der Waals surface area contributed by atoms with Gasteiger partial charge in [0, 0.05) is 37.1 Å². The number of rotatable bonds is 9. The monoisotopic (exact) mass is 561 g/mol. The van der Waals surface area contributed by atoms with Crippen LogP contribution in [0.2, 0.25) is 0 Å². The summed E-state index contributed by atoms with van der Waals surface area (Å²) < 4.78 is 5.23. The Morgan fingerprint density at radius 3 is 2.68 bits per heavy atom. The van der Waals surface area contributed by atoms with Crippen molar-refractivity contribution in [3.63, 3.8) is 0 Å². The zero-order valence-corrected chi connectivity index (χ0v) is 23.2. The highest BCUT2D eigenvalue weighted by molar-refractivity contribution is 6.07. The largest absolute Gasteiger partial charge is 0.441 e. The number of carbonyl (C=O) groups excluding carboxylic acids is 4. The van der Waals surface area contributed by atoms with Gasteiger partial charge in [0.25, 0.3) is 5.91 Å². The number of hydrogen-bond acceptors (Lipinski definition) is 7. The molecule has 4 atom stereocenters. The molecule has 3 heterocycles. The fraction of sp³-hybridized carbons (Fsp3) is 0.419. The lowest BCUT2D eigenvalue weighted by Crippen LogP contribution is -2.54. The zero-order valence-electron chi connectivity index (χ0n) is 23.2. The molecule has 3 aliphatic heterocycles. The number of fused-ring (bicyclic) bond motifs is 1. The van der Waals surface area contributed by atoms with E-state index in [1.807, 2.05) is 6.07 Å². The summed E-state index contributed by atoms with van der Waals surface area (Å²) in [5.74, 6) is -1.84. The molecule has 41 heavy (non-hydrogen) atoms. The molecule has 0 bridgehead atoms. The van der Waals surface area contributed by atoms with Gasteiger partial charge in [-0.05, 0) is 36.6 Å². The summed E-state index contributed by atoms with van der Waals surface area (Å²) in [5.41, 5.74) is 0.527. The number of para-hydroxylation sites is 1. The average molecular weight is 562 g/mol. The number of aliphatic hydroxyl groups is 2. The van der Waals surface area contributed by atoms with Gasteiger partial charge in [-0.3, -0.25) is 24.1 Å². The van der Waals surface area contributed by atoms with E-state index in [-0.39, 0.29) is 43.8 Å². The lowest BCUT2D eigenvalue weighted by Gasteiger charge is -2.39. The van der Waals surface area contributed by atoms with Crippen molar-refractivity contribution in [3.8, 4) is 0 Å². The summed E-state index contributed by atoms with van der Waals surface area (Å²) >= 11 is 0. The van der Waals surface area contributed by atoms with Crippen LogP contribution in [0.3, 0.4) is 0 Å². The number of likely N-dealkylation sites (tertiary alicyclic amines) is 1. The van der Waals surface area contributed by atoms with Gasteiger partial charge in [0.2, 0.25) is 11.8 Å². The molecule has 3 amide bonds. The lowest BCUT2D eigenvalue weighted by atomic mass is 9.83. The van der Waals surface area contributed by atoms with Gasteiger partial charge in [0.1, 0.15) is 0 Å². The second kappa shape index (κ2) is 11.5. The van der Waals surface area contributed by atoms with E-state index in [2.05, 4.69) is 0 Å². The standard InChI is InChI=1S/C31H35N3O7/c1-20(8-5-14-27(37)32-15-7-11-24(32)19-35)31(40)25-12-3-4-13-26(25)33(30(31)39)18-22-9-6-10-23(16-22)34-28(38)17-29(34)41-21(2)36/h3-6,8-10,12-13,16,20,24,29,35,40H,7,11,14-15,17-19H2,1-2H3/b8-5+/t20-,24+,29?,31+/m1/s1. The molecule has 10 nitrogen and oxygen atoms in total. The minimum atomic E-state index is -1.83. The molecule has 0 radical (unpaired) electrons. The Kier molecular flexibility index (Phi) is 7.97. The Bertz CT molecular complexity index is 1390. The second-order valence-electron chi connectivity index (χ2n) is 10.9. The number of amides is 3. The fourth-order valence-electron chi connectivity index (χ4n) is 6.01. The molecular formula is C31H35N3O7. The molecule has 1 unspecified atom stereocenters. The number of benzene rings is 2. The predicted octanol–water partition coefficient (Wildman–Crippen LogP) is 2.61. The van der Waals surface area contributed by atoms with Crippen LogP contribution in [0.1, 0.15) is 50.7 Å². The van der Waals surface area contributed by atoms with Crippen molar-refractivity contribution >= 4 is 35.1 Å². The maximum atomic E-state index is 13.8. The molecule has 10 heteroatoms. The molecule has 0 saturated carbocycles. The van der Waals surface area contributed by atoms with Crippen LogP contribution in [0.5, 0.6) is 0 Å². The molecule has 2 aromatic rings. The van der Waals surface area contributed by atoms with E-state index in [1.165, 1.54) is 16.7 Å². The molecule has 2 aromatic carbocycles. The van der Waals surface area contributed by atoms with E-state index in [1.54, 1.807) is 66.4 Å². The van der Waals surface area contributed by atoms with Crippen molar-refractivity contribution in [3.05, 3.63) is 71.8 Å². The Labute approximate surface area is 238 Å². The minimum Gasteiger partial charge on any atom is -0.441 e. The highest BCUT2D eigenvalue weighted by Gasteiger charge is 2.52. The number of hydrogen-bond donors (Lipinski definition) is 2. The third-order valence-electron chi connectivity index (χ3n) is 8.20. The Morgan fingerprint density at radius 2 is 1.95 bits per heavy atom. The molecule has 0 aliphatic carbocycles. The summed E-state index contributed by atoms with van der Waals surface area (Å²) in [4.78, 5) is 54.9. The molecule has 0 aromatic heterocycles. The van der Waals surface area contributed by atoms with E-state index >= 15 is 0 Å².